The standard InChI is InChI=1S/C27H19FN2O2/c1-32-21-13-8-17(9-14-21)25(31)15-12-20-16-23-22-4-2-3-5-24(22)30-27(23)26(29-20)18-6-10-19(28)11-7-18/h2-16,30H,1H3/b15-12+. The number of hydrogen-bond donors (Lipinski definition) is 1. The highest BCUT2D eigenvalue weighted by Gasteiger charge is 2.13. The summed E-state index contributed by atoms with van der Waals surface area (Å²) < 4.78 is 18.6. The Kier molecular flexibility index (Phi) is 5.00. The number of benzene rings is 3. The second kappa shape index (κ2) is 8.12. The van der Waals surface area contributed by atoms with Crippen molar-refractivity contribution in [3.63, 3.8) is 0 Å². The van der Waals surface area contributed by atoms with Crippen molar-refractivity contribution in [1.29, 1.82) is 0 Å². The lowest BCUT2D eigenvalue weighted by Gasteiger charge is -2.06. The third-order valence-corrected chi connectivity index (χ3v) is 5.41. The van der Waals surface area contributed by atoms with Crippen molar-refractivity contribution < 1.29 is 13.9 Å². The molecule has 1 N–H and O–H groups in total. The van der Waals surface area contributed by atoms with Crippen LogP contribution in [0.1, 0.15) is 16.1 Å². The van der Waals surface area contributed by atoms with E-state index < -0.39 is 0 Å². The molecular weight excluding hydrogens is 403 g/mol. The lowest BCUT2D eigenvalue weighted by atomic mass is 10.1. The van der Waals surface area contributed by atoms with Gasteiger partial charge < -0.3 is 9.72 Å². The highest BCUT2D eigenvalue weighted by molar-refractivity contribution is 6.12. The van der Waals surface area contributed by atoms with Crippen LogP contribution in [0.15, 0.2) is 84.9 Å². The van der Waals surface area contributed by atoms with E-state index in [4.69, 9.17) is 9.72 Å². The molecule has 0 aliphatic carbocycles. The first-order valence-electron chi connectivity index (χ1n) is 10.2. The van der Waals surface area contributed by atoms with E-state index in [-0.39, 0.29) is 11.6 Å². The minimum atomic E-state index is -0.303. The Hall–Kier alpha value is -4.25. The van der Waals surface area contributed by atoms with E-state index >= 15 is 0 Å². The number of ether oxygens (including phenoxy) is 1. The smallest absolute Gasteiger partial charge is 0.185 e. The van der Waals surface area contributed by atoms with Crippen LogP contribution >= 0.6 is 0 Å². The lowest BCUT2D eigenvalue weighted by molar-refractivity contribution is 0.104. The Labute approximate surface area is 184 Å². The van der Waals surface area contributed by atoms with Gasteiger partial charge in [-0.2, -0.15) is 0 Å². The first kappa shape index (κ1) is 19.7. The van der Waals surface area contributed by atoms with Gasteiger partial charge in [-0.3, -0.25) is 4.79 Å². The maximum Gasteiger partial charge on any atom is 0.185 e. The highest BCUT2D eigenvalue weighted by Crippen LogP contribution is 2.33. The number of nitrogens with one attached hydrogen (secondary N) is 1. The Morgan fingerprint density at radius 3 is 2.47 bits per heavy atom. The molecule has 0 unspecified atom stereocenters. The molecule has 0 saturated heterocycles. The highest BCUT2D eigenvalue weighted by atomic mass is 19.1. The van der Waals surface area contributed by atoms with Crippen LogP contribution in [0.4, 0.5) is 4.39 Å². The van der Waals surface area contributed by atoms with E-state index in [0.717, 1.165) is 27.4 Å². The van der Waals surface area contributed by atoms with Crippen LogP contribution in [0, 0.1) is 5.82 Å². The number of aromatic nitrogens is 2. The van der Waals surface area contributed by atoms with Crippen LogP contribution in [0.5, 0.6) is 5.75 Å². The van der Waals surface area contributed by atoms with Crippen LogP contribution in [0.3, 0.4) is 0 Å². The number of pyridine rings is 1. The zero-order chi connectivity index (χ0) is 22.1. The van der Waals surface area contributed by atoms with Gasteiger partial charge in [-0.1, -0.05) is 18.2 Å². The molecule has 0 fully saturated rings. The number of ketones is 1. The van der Waals surface area contributed by atoms with Gasteiger partial charge in [0.2, 0.25) is 0 Å². The molecule has 5 aromatic rings. The van der Waals surface area contributed by atoms with Gasteiger partial charge in [0.25, 0.3) is 0 Å². The van der Waals surface area contributed by atoms with E-state index in [9.17, 15) is 9.18 Å². The van der Waals surface area contributed by atoms with E-state index in [2.05, 4.69) is 4.98 Å². The van der Waals surface area contributed by atoms with Gasteiger partial charge in [-0.05, 0) is 72.8 Å². The summed E-state index contributed by atoms with van der Waals surface area (Å²) in [6.07, 6.45) is 3.22. The van der Waals surface area contributed by atoms with Crippen molar-refractivity contribution in [3.05, 3.63) is 102 Å². The number of halogens is 1. The summed E-state index contributed by atoms with van der Waals surface area (Å²) in [6.45, 7) is 0. The van der Waals surface area contributed by atoms with Crippen LogP contribution < -0.4 is 4.74 Å². The number of aromatic amines is 1. The summed E-state index contributed by atoms with van der Waals surface area (Å²) in [6, 6.07) is 23.2. The minimum Gasteiger partial charge on any atom is -0.497 e. The molecule has 0 spiro atoms. The van der Waals surface area contributed by atoms with Crippen molar-refractivity contribution >= 4 is 33.7 Å². The van der Waals surface area contributed by atoms with E-state index in [0.29, 0.717) is 22.7 Å². The molecule has 2 aromatic heterocycles. The first-order valence-corrected chi connectivity index (χ1v) is 10.2. The van der Waals surface area contributed by atoms with Gasteiger partial charge in [0.15, 0.2) is 5.78 Å². The number of fused-ring (bicyclic) bond motifs is 3. The molecule has 0 aliphatic rings. The number of para-hydroxylation sites is 1. The Balaban J connectivity index is 1.61. The summed E-state index contributed by atoms with van der Waals surface area (Å²) in [5.74, 6) is 0.264. The molecule has 0 aliphatic heterocycles. The Bertz CT molecular complexity index is 1470. The van der Waals surface area contributed by atoms with Crippen molar-refractivity contribution in [2.75, 3.05) is 7.11 Å². The molecule has 0 saturated carbocycles. The fourth-order valence-corrected chi connectivity index (χ4v) is 3.78. The largest absolute Gasteiger partial charge is 0.497 e. The van der Waals surface area contributed by atoms with Gasteiger partial charge in [0.05, 0.1) is 24.0 Å². The molecule has 3 aromatic carbocycles. The second-order valence-corrected chi connectivity index (χ2v) is 7.42. The molecule has 156 valence electrons. The number of carbonyl (C=O) groups is 1. The van der Waals surface area contributed by atoms with Crippen molar-refractivity contribution in [2.45, 2.75) is 0 Å². The van der Waals surface area contributed by atoms with Crippen molar-refractivity contribution in [1.82, 2.24) is 9.97 Å². The summed E-state index contributed by atoms with van der Waals surface area (Å²) in [7, 11) is 1.59. The van der Waals surface area contributed by atoms with Crippen LogP contribution in [0.2, 0.25) is 0 Å². The summed E-state index contributed by atoms with van der Waals surface area (Å²) >= 11 is 0. The zero-order valence-corrected chi connectivity index (χ0v) is 17.3. The zero-order valence-electron chi connectivity index (χ0n) is 17.3. The molecule has 0 atom stereocenters. The molecule has 4 nitrogen and oxygen atoms in total. The number of H-pyrrole nitrogens is 1. The summed E-state index contributed by atoms with van der Waals surface area (Å²) in [5.41, 5.74) is 4.56. The number of hydrogen-bond acceptors (Lipinski definition) is 3. The predicted molar refractivity (Wildman–Crippen MR) is 125 cm³/mol. The van der Waals surface area contributed by atoms with Gasteiger partial charge in [0.1, 0.15) is 11.6 Å². The monoisotopic (exact) mass is 422 g/mol. The minimum absolute atomic E-state index is 0.128. The summed E-state index contributed by atoms with van der Waals surface area (Å²) in [5, 5.41) is 2.05. The molecule has 5 heteroatoms. The van der Waals surface area contributed by atoms with E-state index in [1.54, 1.807) is 49.6 Å². The topological polar surface area (TPSA) is 55.0 Å². The van der Waals surface area contributed by atoms with Crippen LogP contribution in [-0.4, -0.2) is 22.9 Å². The fraction of sp³-hybridized carbons (Fsp3) is 0.0370. The average Bonchev–Trinajstić information content (AvgIpc) is 3.21. The predicted octanol–water partition coefficient (Wildman–Crippen LogP) is 6.43. The number of methoxy groups -OCH3 is 1. The Morgan fingerprint density at radius 1 is 0.969 bits per heavy atom. The van der Waals surface area contributed by atoms with Gasteiger partial charge in [-0.15, -0.1) is 0 Å². The summed E-state index contributed by atoms with van der Waals surface area (Å²) in [4.78, 5) is 20.8. The van der Waals surface area contributed by atoms with Gasteiger partial charge in [0, 0.05) is 27.4 Å². The number of carbonyl (C=O) groups excluding carboxylic acids is 1. The quantitative estimate of drug-likeness (QED) is 0.262. The third-order valence-electron chi connectivity index (χ3n) is 5.41. The molecule has 32 heavy (non-hydrogen) atoms. The lowest BCUT2D eigenvalue weighted by Crippen LogP contribution is -1.95. The third kappa shape index (κ3) is 3.65. The van der Waals surface area contributed by atoms with Gasteiger partial charge in [-0.25, -0.2) is 9.37 Å². The molecular formula is C27H19FN2O2. The SMILES string of the molecule is COc1ccc(C(=O)/C=C/c2cc3c([nH]c4ccccc43)c(-c3ccc(F)cc3)n2)cc1. The maximum absolute atomic E-state index is 13.5. The Morgan fingerprint density at radius 2 is 1.72 bits per heavy atom. The fourth-order valence-electron chi connectivity index (χ4n) is 3.78. The first-order chi connectivity index (χ1) is 15.6. The normalized spacial score (nSPS) is 11.4. The number of rotatable bonds is 5. The maximum atomic E-state index is 13.5. The van der Waals surface area contributed by atoms with Crippen molar-refractivity contribution in [2.24, 2.45) is 0 Å². The number of allylic oxidation sites excluding steroid dienone is 1. The second-order valence-electron chi connectivity index (χ2n) is 7.42. The van der Waals surface area contributed by atoms with Crippen molar-refractivity contribution in [3.8, 4) is 17.0 Å². The van der Waals surface area contributed by atoms with Crippen LogP contribution in [-0.2, 0) is 0 Å². The molecule has 5 rings (SSSR count). The molecule has 0 radical (unpaired) electrons. The average molecular weight is 422 g/mol. The van der Waals surface area contributed by atoms with Gasteiger partial charge >= 0.3 is 0 Å². The van der Waals surface area contributed by atoms with Crippen LogP contribution in [0.25, 0.3) is 39.1 Å². The molecule has 0 bridgehead atoms. The number of nitrogens with zero attached hydrogens (tertiary/aromatic N) is 1. The molecule has 2 heterocycles. The molecule has 0 amide bonds. The van der Waals surface area contributed by atoms with E-state index in [1.165, 1.54) is 18.2 Å². The van der Waals surface area contributed by atoms with E-state index in [1.807, 2.05) is 30.3 Å².